The minimum Gasteiger partial charge on any atom is -0.302 e. The summed E-state index contributed by atoms with van der Waals surface area (Å²) in [7, 11) is 0. The van der Waals surface area contributed by atoms with Gasteiger partial charge in [0.25, 0.3) is 0 Å². The van der Waals surface area contributed by atoms with Crippen LogP contribution in [0.4, 0.5) is 5.13 Å². The maximum atomic E-state index is 13.2. The number of anilines is 1. The van der Waals surface area contributed by atoms with Gasteiger partial charge in [-0.25, -0.2) is 4.98 Å². The molecule has 156 valence electrons. The van der Waals surface area contributed by atoms with Crippen molar-refractivity contribution in [2.24, 2.45) is 0 Å². The molecule has 3 rings (SSSR count). The van der Waals surface area contributed by atoms with Gasteiger partial charge in [-0.1, -0.05) is 67.1 Å². The number of aryl methyl sites for hydroxylation is 1. The molecule has 0 saturated carbocycles. The molecule has 0 aliphatic rings. The number of thiazole rings is 1. The van der Waals surface area contributed by atoms with Crippen LogP contribution in [0.15, 0.2) is 42.5 Å². The number of aromatic nitrogens is 1. The number of hydrogen-bond acceptors (Lipinski definition) is 4. The molecule has 0 aliphatic carbocycles. The number of benzene rings is 2. The summed E-state index contributed by atoms with van der Waals surface area (Å²) in [5.74, 6) is 0.0705. The Bertz CT molecular complexity index is 942. The molecule has 0 aliphatic heterocycles. The van der Waals surface area contributed by atoms with E-state index >= 15 is 0 Å². The molecule has 29 heavy (non-hydrogen) atoms. The van der Waals surface area contributed by atoms with Crippen LogP contribution in [0, 0.1) is 6.92 Å². The van der Waals surface area contributed by atoms with E-state index in [9.17, 15) is 4.79 Å². The highest BCUT2D eigenvalue weighted by molar-refractivity contribution is 7.22. The maximum absolute atomic E-state index is 13.2. The normalized spacial score (nSPS) is 10.9. The lowest BCUT2D eigenvalue weighted by Crippen LogP contribution is -2.39. The first-order valence-electron chi connectivity index (χ1n) is 9.65. The number of rotatable bonds is 8. The zero-order valence-corrected chi connectivity index (χ0v) is 19.4. The molecule has 0 bridgehead atoms. The van der Waals surface area contributed by atoms with Crippen molar-refractivity contribution in [3.63, 3.8) is 0 Å². The van der Waals surface area contributed by atoms with E-state index < -0.39 is 0 Å². The third-order valence-corrected chi connectivity index (χ3v) is 6.15. The standard InChI is InChI=1S/C22H26ClN3OS.ClH/c1-4-25(5-2)11-12-26(20(27)14-17-9-7-6-8-10-17)22-24-21-16(3)13-18(23)15-19(21)28-22;/h6-10,13,15H,4-5,11-12,14H2,1-3H3;1H. The molecule has 4 nitrogen and oxygen atoms in total. The first-order chi connectivity index (χ1) is 13.5. The number of fused-ring (bicyclic) bond motifs is 1. The maximum Gasteiger partial charge on any atom is 0.233 e. The second-order valence-electron chi connectivity index (χ2n) is 6.80. The third-order valence-electron chi connectivity index (χ3n) is 4.90. The van der Waals surface area contributed by atoms with Gasteiger partial charge < -0.3 is 4.90 Å². The molecule has 3 aromatic rings. The van der Waals surface area contributed by atoms with Crippen LogP contribution >= 0.6 is 35.3 Å². The molecule has 0 unspecified atom stereocenters. The number of carbonyl (C=O) groups is 1. The molecule has 0 spiro atoms. The summed E-state index contributed by atoms with van der Waals surface area (Å²) in [6, 6.07) is 13.7. The van der Waals surface area contributed by atoms with Gasteiger partial charge >= 0.3 is 0 Å². The lowest BCUT2D eigenvalue weighted by atomic mass is 10.1. The topological polar surface area (TPSA) is 36.4 Å². The van der Waals surface area contributed by atoms with E-state index in [2.05, 4.69) is 18.7 Å². The highest BCUT2D eigenvalue weighted by atomic mass is 35.5. The molecule has 0 radical (unpaired) electrons. The molecule has 7 heteroatoms. The SMILES string of the molecule is CCN(CC)CCN(C(=O)Cc1ccccc1)c1nc2c(C)cc(Cl)cc2s1.Cl. The Hall–Kier alpha value is -1.66. The van der Waals surface area contributed by atoms with Crippen LogP contribution < -0.4 is 4.90 Å². The van der Waals surface area contributed by atoms with Crippen LogP contribution in [-0.4, -0.2) is 42.0 Å². The van der Waals surface area contributed by atoms with Gasteiger partial charge in [0, 0.05) is 18.1 Å². The Labute approximate surface area is 187 Å². The largest absolute Gasteiger partial charge is 0.302 e. The molecule has 1 aromatic heterocycles. The van der Waals surface area contributed by atoms with Gasteiger partial charge in [-0.3, -0.25) is 9.69 Å². The fourth-order valence-corrected chi connectivity index (χ4v) is 4.70. The van der Waals surface area contributed by atoms with E-state index in [1.807, 2.05) is 54.3 Å². The summed E-state index contributed by atoms with van der Waals surface area (Å²) in [5.41, 5.74) is 2.97. The molecular weight excluding hydrogens is 425 g/mol. The average Bonchev–Trinajstić information content (AvgIpc) is 3.10. The van der Waals surface area contributed by atoms with E-state index in [0.717, 1.165) is 46.1 Å². The summed E-state index contributed by atoms with van der Waals surface area (Å²) in [5, 5.41) is 1.44. The number of carbonyl (C=O) groups excluding carboxylic acids is 1. The highest BCUT2D eigenvalue weighted by Gasteiger charge is 2.21. The molecule has 1 amide bonds. The van der Waals surface area contributed by atoms with Crippen LogP contribution in [0.2, 0.25) is 5.02 Å². The Morgan fingerprint density at radius 2 is 1.79 bits per heavy atom. The van der Waals surface area contributed by atoms with Crippen molar-refractivity contribution < 1.29 is 4.79 Å². The van der Waals surface area contributed by atoms with E-state index in [1.165, 1.54) is 11.3 Å². The summed E-state index contributed by atoms with van der Waals surface area (Å²) < 4.78 is 1.01. The number of halogens is 2. The van der Waals surface area contributed by atoms with Crippen LogP contribution in [0.3, 0.4) is 0 Å². The molecular formula is C22H27Cl2N3OS. The van der Waals surface area contributed by atoms with Crippen molar-refractivity contribution >= 4 is 56.6 Å². The van der Waals surface area contributed by atoms with Gasteiger partial charge in [-0.2, -0.15) is 0 Å². The Morgan fingerprint density at radius 3 is 2.45 bits per heavy atom. The van der Waals surface area contributed by atoms with Crippen molar-refractivity contribution in [2.45, 2.75) is 27.2 Å². The second-order valence-corrected chi connectivity index (χ2v) is 8.25. The monoisotopic (exact) mass is 451 g/mol. The minimum atomic E-state index is 0. The molecule has 0 fully saturated rings. The quantitative estimate of drug-likeness (QED) is 0.447. The fraction of sp³-hybridized carbons (Fsp3) is 0.364. The summed E-state index contributed by atoms with van der Waals surface area (Å²) in [6.45, 7) is 9.66. The van der Waals surface area contributed by atoms with Gasteiger partial charge in [-0.15, -0.1) is 12.4 Å². The van der Waals surface area contributed by atoms with Crippen LogP contribution in [0.1, 0.15) is 25.0 Å². The summed E-state index contributed by atoms with van der Waals surface area (Å²) in [6.07, 6.45) is 0.370. The molecule has 0 atom stereocenters. The lowest BCUT2D eigenvalue weighted by molar-refractivity contribution is -0.118. The predicted octanol–water partition coefficient (Wildman–Crippen LogP) is 5.60. The molecule has 0 N–H and O–H groups in total. The van der Waals surface area contributed by atoms with Crippen molar-refractivity contribution in [2.75, 3.05) is 31.1 Å². The summed E-state index contributed by atoms with van der Waals surface area (Å²) >= 11 is 7.75. The second kappa shape index (κ2) is 10.9. The molecule has 2 aromatic carbocycles. The lowest BCUT2D eigenvalue weighted by Gasteiger charge is -2.24. The van der Waals surface area contributed by atoms with Crippen molar-refractivity contribution in [1.82, 2.24) is 9.88 Å². The number of amides is 1. The molecule has 1 heterocycles. The first kappa shape index (κ1) is 23.6. The average molecular weight is 452 g/mol. The first-order valence-corrected chi connectivity index (χ1v) is 10.8. The van der Waals surface area contributed by atoms with Gasteiger partial charge in [0.15, 0.2) is 5.13 Å². The van der Waals surface area contributed by atoms with Gasteiger partial charge in [0.1, 0.15) is 0 Å². The highest BCUT2D eigenvalue weighted by Crippen LogP contribution is 2.33. The molecule has 0 saturated heterocycles. The zero-order valence-electron chi connectivity index (χ0n) is 17.0. The smallest absolute Gasteiger partial charge is 0.233 e. The zero-order chi connectivity index (χ0) is 20.1. The number of hydrogen-bond donors (Lipinski definition) is 0. The Balaban J connectivity index is 0.00000300. The van der Waals surface area contributed by atoms with Gasteiger partial charge in [0.05, 0.1) is 16.6 Å². The summed E-state index contributed by atoms with van der Waals surface area (Å²) in [4.78, 5) is 22.1. The van der Waals surface area contributed by atoms with Crippen LogP contribution in [0.5, 0.6) is 0 Å². The predicted molar refractivity (Wildman–Crippen MR) is 127 cm³/mol. The van der Waals surface area contributed by atoms with Crippen molar-refractivity contribution in [3.05, 3.63) is 58.6 Å². The number of likely N-dealkylation sites (N-methyl/N-ethyl adjacent to an activating group) is 1. The fourth-order valence-electron chi connectivity index (χ4n) is 3.23. The number of nitrogens with zero attached hydrogens (tertiary/aromatic N) is 3. The van der Waals surface area contributed by atoms with E-state index in [0.29, 0.717) is 18.0 Å². The van der Waals surface area contributed by atoms with Crippen molar-refractivity contribution in [3.8, 4) is 0 Å². The van der Waals surface area contributed by atoms with Crippen molar-refractivity contribution in [1.29, 1.82) is 0 Å². The Kier molecular flexibility index (Phi) is 8.90. The van der Waals surface area contributed by atoms with Crippen LogP contribution in [-0.2, 0) is 11.2 Å². The third kappa shape index (κ3) is 5.92. The van der Waals surface area contributed by atoms with Gasteiger partial charge in [-0.05, 0) is 43.3 Å². The van der Waals surface area contributed by atoms with Crippen LogP contribution in [0.25, 0.3) is 10.2 Å². The Morgan fingerprint density at radius 1 is 1.10 bits per heavy atom. The van der Waals surface area contributed by atoms with E-state index in [4.69, 9.17) is 16.6 Å². The van der Waals surface area contributed by atoms with E-state index in [-0.39, 0.29) is 18.3 Å². The minimum absolute atomic E-state index is 0. The van der Waals surface area contributed by atoms with E-state index in [1.54, 1.807) is 0 Å². The van der Waals surface area contributed by atoms with Gasteiger partial charge in [0.2, 0.25) is 5.91 Å².